The summed E-state index contributed by atoms with van der Waals surface area (Å²) in [6.45, 7) is 2.21. The van der Waals surface area contributed by atoms with E-state index in [9.17, 15) is 28.8 Å². The van der Waals surface area contributed by atoms with Crippen molar-refractivity contribution in [3.8, 4) is 0 Å². The Balaban J connectivity index is 1.83. The third kappa shape index (κ3) is 36.0. The molecule has 1 aromatic heterocycles. The van der Waals surface area contributed by atoms with Gasteiger partial charge in [0.1, 0.15) is 24.8 Å². The van der Waals surface area contributed by atoms with Crippen molar-refractivity contribution >= 4 is 35.1 Å². The molecule has 1 rings (SSSR count). The van der Waals surface area contributed by atoms with Gasteiger partial charge in [-0.15, -0.1) is 0 Å². The van der Waals surface area contributed by atoms with Gasteiger partial charge < -0.3 is 45.8 Å². The summed E-state index contributed by atoms with van der Waals surface area (Å²) in [7, 11) is 0. The number of rotatable bonds is 47. The minimum atomic E-state index is -0.693. The van der Waals surface area contributed by atoms with Gasteiger partial charge in [-0.2, -0.15) is 0 Å². The van der Waals surface area contributed by atoms with Crippen LogP contribution in [-0.2, 0) is 54.1 Å². The zero-order valence-corrected chi connectivity index (χ0v) is 37.7. The second-order valence-corrected chi connectivity index (χ2v) is 16.3. The molecule has 62 heavy (non-hydrogen) atoms. The van der Waals surface area contributed by atoms with Crippen molar-refractivity contribution in [1.29, 1.82) is 0 Å². The second-order valence-electron chi connectivity index (χ2n) is 16.3. The predicted molar refractivity (Wildman–Crippen MR) is 237 cm³/mol. The van der Waals surface area contributed by atoms with Crippen LogP contribution in [0.5, 0.6) is 0 Å². The number of carbonyl (C=O) groups excluding carboxylic acids is 5. The summed E-state index contributed by atoms with van der Waals surface area (Å²) in [6.07, 6.45) is 25.6. The van der Waals surface area contributed by atoms with Crippen LogP contribution in [0.2, 0.25) is 0 Å². The minimum absolute atomic E-state index is 0.00379. The summed E-state index contributed by atoms with van der Waals surface area (Å²) >= 11 is 0. The summed E-state index contributed by atoms with van der Waals surface area (Å²) in [5, 5.41) is 11.4. The second kappa shape index (κ2) is 40.2. The molecule has 2 atom stereocenters. The summed E-state index contributed by atoms with van der Waals surface area (Å²) in [6, 6.07) is -0.663. The number of Topliss-reactive ketones (excluding diaryl/α,β-unsaturated/α-hetero) is 3. The van der Waals surface area contributed by atoms with Gasteiger partial charge >= 0.3 is 5.97 Å². The van der Waals surface area contributed by atoms with E-state index in [1.807, 2.05) is 0 Å². The minimum Gasteiger partial charge on any atom is -0.481 e. The number of carbonyl (C=O) groups is 6. The van der Waals surface area contributed by atoms with Crippen LogP contribution in [0.4, 0.5) is 0 Å². The monoisotopic (exact) mass is 880 g/mol. The van der Waals surface area contributed by atoms with E-state index in [0.717, 1.165) is 50.6 Å². The normalized spacial score (nSPS) is 12.3. The van der Waals surface area contributed by atoms with Crippen LogP contribution in [0, 0.1) is 5.92 Å². The maximum atomic E-state index is 12.4. The average Bonchev–Trinajstić information content (AvgIpc) is 3.76. The van der Waals surface area contributed by atoms with Crippen molar-refractivity contribution in [3.05, 3.63) is 18.2 Å². The number of aliphatic carboxylic acids is 1. The first-order chi connectivity index (χ1) is 30.1. The van der Waals surface area contributed by atoms with Gasteiger partial charge in [0.05, 0.1) is 45.4 Å². The number of nitrogens with zero attached hydrogens (tertiary/aromatic N) is 1. The smallest absolute Gasteiger partial charge is 0.303 e. The van der Waals surface area contributed by atoms with Crippen molar-refractivity contribution in [2.24, 2.45) is 17.4 Å². The van der Waals surface area contributed by atoms with Crippen LogP contribution < -0.4 is 16.8 Å². The van der Waals surface area contributed by atoms with Gasteiger partial charge in [0.2, 0.25) is 11.8 Å². The zero-order chi connectivity index (χ0) is 45.3. The third-order valence-corrected chi connectivity index (χ3v) is 10.7. The molecule has 0 saturated carbocycles. The van der Waals surface area contributed by atoms with E-state index in [4.69, 9.17) is 35.5 Å². The molecule has 0 fully saturated rings. The first kappa shape index (κ1) is 56.4. The van der Waals surface area contributed by atoms with E-state index in [1.54, 1.807) is 6.20 Å². The van der Waals surface area contributed by atoms with Crippen LogP contribution in [-0.4, -0.2) is 116 Å². The Bertz CT molecular complexity index is 1310. The fourth-order valence-electron chi connectivity index (χ4n) is 6.96. The molecule has 0 spiro atoms. The molecule has 0 saturated heterocycles. The van der Waals surface area contributed by atoms with Crippen molar-refractivity contribution in [1.82, 2.24) is 15.3 Å². The Morgan fingerprint density at radius 3 is 1.69 bits per heavy atom. The highest BCUT2D eigenvalue weighted by Gasteiger charge is 2.20. The number of nitrogens with two attached hydrogens (primary N) is 2. The van der Waals surface area contributed by atoms with Gasteiger partial charge in [-0.25, -0.2) is 4.98 Å². The zero-order valence-electron chi connectivity index (χ0n) is 37.7. The fraction of sp³-hybridized carbons (Fsp3) is 0.804. The number of ether oxygens (including phenoxy) is 4. The van der Waals surface area contributed by atoms with Crippen molar-refractivity contribution in [2.75, 3.05) is 59.4 Å². The molecular formula is C46H81N5O11. The molecule has 16 heteroatoms. The lowest BCUT2D eigenvalue weighted by Crippen LogP contribution is -2.34. The SMILES string of the molecule is NC(=O)[C@H](CCCCCC(=O)COCCOCCNC(=O)COCCOCCCC(=O)CCCCCCCCCCCCCCCCC(=O)O)CCC(=O)[C@@H](N)Cc1cnc[nH]1. The van der Waals surface area contributed by atoms with Crippen LogP contribution in [0.15, 0.2) is 12.5 Å². The van der Waals surface area contributed by atoms with Crippen LogP contribution in [0.3, 0.4) is 0 Å². The number of unbranched alkanes of at least 4 members (excludes halogenated alkanes) is 15. The molecule has 0 radical (unpaired) electrons. The quantitative estimate of drug-likeness (QED) is 0.0464. The highest BCUT2D eigenvalue weighted by molar-refractivity contribution is 5.85. The van der Waals surface area contributed by atoms with Crippen molar-refractivity contribution < 1.29 is 52.8 Å². The predicted octanol–water partition coefficient (Wildman–Crippen LogP) is 6.11. The first-order valence-electron chi connectivity index (χ1n) is 23.5. The highest BCUT2D eigenvalue weighted by Crippen LogP contribution is 2.18. The summed E-state index contributed by atoms with van der Waals surface area (Å²) < 4.78 is 21.7. The Hall–Kier alpha value is -3.57. The van der Waals surface area contributed by atoms with E-state index in [-0.39, 0.29) is 62.7 Å². The number of hydrogen-bond acceptors (Lipinski definition) is 12. The van der Waals surface area contributed by atoms with E-state index < -0.39 is 23.8 Å². The van der Waals surface area contributed by atoms with E-state index in [0.29, 0.717) is 84.2 Å². The number of hydrogen-bond donors (Lipinski definition) is 5. The van der Waals surface area contributed by atoms with Crippen LogP contribution in [0.1, 0.15) is 166 Å². The molecule has 0 aromatic carbocycles. The number of primary amides is 1. The summed E-state index contributed by atoms with van der Waals surface area (Å²) in [5.41, 5.74) is 12.3. The van der Waals surface area contributed by atoms with Crippen molar-refractivity contribution in [2.45, 2.75) is 173 Å². The Labute approximate surface area is 370 Å². The highest BCUT2D eigenvalue weighted by atomic mass is 16.5. The maximum Gasteiger partial charge on any atom is 0.303 e. The molecule has 0 aliphatic carbocycles. The Morgan fingerprint density at radius 2 is 1.11 bits per heavy atom. The molecule has 0 aliphatic heterocycles. The lowest BCUT2D eigenvalue weighted by atomic mass is 9.92. The van der Waals surface area contributed by atoms with E-state index in [2.05, 4.69) is 15.3 Å². The molecular weight excluding hydrogens is 799 g/mol. The standard InChI is InChI=1S/C46H81N5O11/c47-42(33-39-34-49-37-51-39)43(54)25-24-38(46(48)58)19-14-13-16-21-41(53)35-61-31-30-60-28-26-50-44(55)36-62-32-29-59-27-18-22-40(52)20-15-11-9-7-5-3-1-2-4-6-8-10-12-17-23-45(56)57/h34,37-38,42H,1-33,35-36,47H2,(H2,48,58)(H,49,51)(H,50,55)(H,56,57)/t38-,42+/m1/s1. The fourth-order valence-corrected chi connectivity index (χ4v) is 6.96. The summed E-state index contributed by atoms with van der Waals surface area (Å²) in [5.74, 6) is -1.64. The average molecular weight is 880 g/mol. The van der Waals surface area contributed by atoms with Crippen LogP contribution >= 0.6 is 0 Å². The van der Waals surface area contributed by atoms with Gasteiger partial charge in [0.25, 0.3) is 0 Å². The summed E-state index contributed by atoms with van der Waals surface area (Å²) in [4.78, 5) is 77.9. The molecule has 16 nitrogen and oxygen atoms in total. The Morgan fingerprint density at radius 1 is 0.597 bits per heavy atom. The number of carboxylic acids is 1. The topological polar surface area (TPSA) is 252 Å². The first-order valence-corrected chi connectivity index (χ1v) is 23.5. The van der Waals surface area contributed by atoms with Crippen LogP contribution in [0.25, 0.3) is 0 Å². The van der Waals surface area contributed by atoms with E-state index >= 15 is 0 Å². The number of aromatic amines is 1. The van der Waals surface area contributed by atoms with Gasteiger partial charge in [0, 0.05) is 69.5 Å². The number of aromatic nitrogens is 2. The number of nitrogens with one attached hydrogen (secondary N) is 2. The van der Waals surface area contributed by atoms with Gasteiger partial charge in [0.15, 0.2) is 5.78 Å². The molecule has 2 amide bonds. The van der Waals surface area contributed by atoms with Crippen molar-refractivity contribution in [3.63, 3.8) is 0 Å². The molecule has 1 heterocycles. The molecule has 7 N–H and O–H groups in total. The number of amides is 2. The van der Waals surface area contributed by atoms with Gasteiger partial charge in [-0.1, -0.05) is 89.9 Å². The number of imidazole rings is 1. The molecule has 0 aliphatic rings. The van der Waals surface area contributed by atoms with Gasteiger partial charge in [-0.3, -0.25) is 28.8 Å². The number of carboxylic acid groups (broad SMARTS) is 1. The number of ketones is 3. The lowest BCUT2D eigenvalue weighted by Gasteiger charge is -2.14. The largest absolute Gasteiger partial charge is 0.481 e. The maximum absolute atomic E-state index is 12.4. The third-order valence-electron chi connectivity index (χ3n) is 10.7. The number of H-pyrrole nitrogens is 1. The Kier molecular flexibility index (Phi) is 36.6. The molecule has 356 valence electrons. The van der Waals surface area contributed by atoms with Gasteiger partial charge in [-0.05, 0) is 38.5 Å². The van der Waals surface area contributed by atoms with E-state index in [1.165, 1.54) is 64.1 Å². The lowest BCUT2D eigenvalue weighted by molar-refractivity contribution is -0.137. The molecule has 0 bridgehead atoms. The molecule has 0 unspecified atom stereocenters. The molecule has 1 aromatic rings.